The lowest BCUT2D eigenvalue weighted by molar-refractivity contribution is -0.143. The van der Waals surface area contributed by atoms with Crippen molar-refractivity contribution >= 4 is 36.3 Å². The molecule has 1 aromatic rings. The summed E-state index contributed by atoms with van der Waals surface area (Å²) in [4.78, 5) is 56.5. The molecule has 0 saturated heterocycles. The van der Waals surface area contributed by atoms with Gasteiger partial charge in [-0.25, -0.2) is 9.78 Å². The molecule has 0 aliphatic carbocycles. The molecular weight excluding hydrogens is 448 g/mol. The van der Waals surface area contributed by atoms with Gasteiger partial charge in [-0.05, 0) is 18.3 Å². The summed E-state index contributed by atoms with van der Waals surface area (Å²) in [6.07, 6.45) is 4.05. The van der Waals surface area contributed by atoms with Gasteiger partial charge in [-0.15, -0.1) is 0 Å². The van der Waals surface area contributed by atoms with Gasteiger partial charge >= 0.3 is 5.97 Å². The second-order valence-corrected chi connectivity index (χ2v) is 8.90. The highest BCUT2D eigenvalue weighted by Crippen LogP contribution is 2.09. The van der Waals surface area contributed by atoms with Crippen molar-refractivity contribution in [2.45, 2.75) is 71.1 Å². The van der Waals surface area contributed by atoms with Crippen LogP contribution >= 0.6 is 12.6 Å². The highest BCUT2D eigenvalue weighted by Gasteiger charge is 2.31. The van der Waals surface area contributed by atoms with E-state index in [2.05, 4.69) is 38.5 Å². The molecule has 33 heavy (non-hydrogen) atoms. The molecule has 0 bridgehead atoms. The van der Waals surface area contributed by atoms with Crippen molar-refractivity contribution < 1.29 is 24.3 Å². The Kier molecular flexibility index (Phi) is 11.9. The normalized spacial score (nSPS) is 15.7. The van der Waals surface area contributed by atoms with E-state index in [-0.39, 0.29) is 24.0 Å². The van der Waals surface area contributed by atoms with E-state index in [4.69, 9.17) is 5.73 Å². The summed E-state index contributed by atoms with van der Waals surface area (Å²) in [6.45, 7) is 7.39. The number of nitrogens with two attached hydrogens (primary N) is 1. The van der Waals surface area contributed by atoms with E-state index in [0.717, 1.165) is 0 Å². The zero-order valence-corrected chi connectivity index (χ0v) is 20.4. The molecule has 0 spiro atoms. The second kappa shape index (κ2) is 13.8. The number of carboxylic acids is 1. The molecule has 3 amide bonds. The molecule has 1 rings (SSSR count). The van der Waals surface area contributed by atoms with Gasteiger partial charge in [0, 0.05) is 24.1 Å². The quantitative estimate of drug-likeness (QED) is 0.179. The van der Waals surface area contributed by atoms with E-state index >= 15 is 0 Å². The molecule has 0 aromatic carbocycles. The van der Waals surface area contributed by atoms with Crippen molar-refractivity contribution in [3.63, 3.8) is 0 Å². The minimum absolute atomic E-state index is 0.0675. The van der Waals surface area contributed by atoms with Crippen molar-refractivity contribution in [2.75, 3.05) is 5.75 Å². The number of aromatic nitrogens is 2. The first-order valence-electron chi connectivity index (χ1n) is 11.0. The van der Waals surface area contributed by atoms with Gasteiger partial charge in [-0.1, -0.05) is 34.1 Å². The Morgan fingerprint density at radius 1 is 1.09 bits per heavy atom. The summed E-state index contributed by atoms with van der Waals surface area (Å²) in [5, 5.41) is 17.1. The topological polar surface area (TPSA) is 179 Å². The SMILES string of the molecule is CCC(C)C(NC(=O)C(CS)NC(=O)C(Cc1cnc[nH]1)NC(=O)C(N)CC(C)C)C(=O)O. The molecule has 186 valence electrons. The van der Waals surface area contributed by atoms with E-state index in [1.54, 1.807) is 6.92 Å². The maximum atomic E-state index is 13.0. The van der Waals surface area contributed by atoms with Crippen molar-refractivity contribution in [1.82, 2.24) is 25.9 Å². The highest BCUT2D eigenvalue weighted by molar-refractivity contribution is 7.80. The fourth-order valence-electron chi connectivity index (χ4n) is 3.12. The molecule has 0 aliphatic rings. The molecule has 12 heteroatoms. The second-order valence-electron chi connectivity index (χ2n) is 8.53. The van der Waals surface area contributed by atoms with Crippen LogP contribution in [0.5, 0.6) is 0 Å². The minimum Gasteiger partial charge on any atom is -0.480 e. The van der Waals surface area contributed by atoms with E-state index in [1.165, 1.54) is 12.5 Å². The van der Waals surface area contributed by atoms with Gasteiger partial charge in [-0.3, -0.25) is 14.4 Å². The van der Waals surface area contributed by atoms with Crippen LogP contribution in [0.2, 0.25) is 0 Å². The Labute approximate surface area is 199 Å². The summed E-state index contributed by atoms with van der Waals surface area (Å²) < 4.78 is 0. The third-order valence-electron chi connectivity index (χ3n) is 5.27. The van der Waals surface area contributed by atoms with E-state index < -0.39 is 47.9 Å². The summed E-state index contributed by atoms with van der Waals surface area (Å²) in [7, 11) is 0. The number of carbonyl (C=O) groups excluding carboxylic acids is 3. The number of amides is 3. The molecule has 1 aromatic heterocycles. The first-order chi connectivity index (χ1) is 15.5. The third-order valence-corrected chi connectivity index (χ3v) is 5.63. The van der Waals surface area contributed by atoms with Crippen molar-refractivity contribution in [3.8, 4) is 0 Å². The van der Waals surface area contributed by atoms with Gasteiger partial charge < -0.3 is 31.8 Å². The first-order valence-corrected chi connectivity index (χ1v) is 11.6. The lowest BCUT2D eigenvalue weighted by Gasteiger charge is -2.26. The van der Waals surface area contributed by atoms with Crippen molar-refractivity contribution in [1.29, 1.82) is 0 Å². The Hall–Kier alpha value is -2.60. The maximum Gasteiger partial charge on any atom is 0.326 e. The zero-order valence-electron chi connectivity index (χ0n) is 19.5. The first kappa shape index (κ1) is 28.4. The van der Waals surface area contributed by atoms with Crippen LogP contribution in [0.15, 0.2) is 12.5 Å². The number of thiol groups is 1. The number of nitrogens with zero attached hydrogens (tertiary/aromatic N) is 1. The van der Waals surface area contributed by atoms with Gasteiger partial charge in [-0.2, -0.15) is 12.6 Å². The standard InChI is InChI=1S/C21H36N6O5S/c1-5-12(4)17(21(31)32)27-20(30)16(9-33)26-19(29)15(7-13-8-23-10-24-13)25-18(28)14(22)6-11(2)3/h8,10-12,14-17,33H,5-7,9,22H2,1-4H3,(H,23,24)(H,25,28)(H,26,29)(H,27,30)(H,31,32). The monoisotopic (exact) mass is 484 g/mol. The maximum absolute atomic E-state index is 13.0. The molecule has 0 fully saturated rings. The number of aliphatic carboxylic acids is 1. The lowest BCUT2D eigenvalue weighted by Crippen LogP contribution is -2.58. The summed E-state index contributed by atoms with van der Waals surface area (Å²) in [5.74, 6) is -3.13. The van der Waals surface area contributed by atoms with Crippen LogP contribution < -0.4 is 21.7 Å². The van der Waals surface area contributed by atoms with Crippen LogP contribution in [0.1, 0.15) is 46.2 Å². The molecule has 0 saturated carbocycles. The van der Waals surface area contributed by atoms with Crippen LogP contribution in [0.25, 0.3) is 0 Å². The Bertz CT molecular complexity index is 788. The van der Waals surface area contributed by atoms with Crippen LogP contribution in [0.3, 0.4) is 0 Å². The van der Waals surface area contributed by atoms with Gasteiger partial charge in [0.05, 0.1) is 12.4 Å². The predicted molar refractivity (Wildman–Crippen MR) is 126 cm³/mol. The third kappa shape index (κ3) is 9.42. The number of nitrogens with one attached hydrogen (secondary N) is 4. The fraction of sp³-hybridized carbons (Fsp3) is 0.667. The largest absolute Gasteiger partial charge is 0.480 e. The van der Waals surface area contributed by atoms with Crippen LogP contribution in [0.4, 0.5) is 0 Å². The van der Waals surface area contributed by atoms with E-state index in [9.17, 15) is 24.3 Å². The van der Waals surface area contributed by atoms with Crippen LogP contribution in [0, 0.1) is 11.8 Å². The smallest absolute Gasteiger partial charge is 0.326 e. The van der Waals surface area contributed by atoms with Gasteiger partial charge in [0.1, 0.15) is 18.1 Å². The number of rotatable bonds is 14. The van der Waals surface area contributed by atoms with E-state index in [0.29, 0.717) is 18.5 Å². The number of carbonyl (C=O) groups is 4. The van der Waals surface area contributed by atoms with Gasteiger partial charge in [0.2, 0.25) is 17.7 Å². The van der Waals surface area contributed by atoms with Crippen molar-refractivity contribution in [2.24, 2.45) is 17.6 Å². The molecule has 11 nitrogen and oxygen atoms in total. The average molecular weight is 485 g/mol. The van der Waals surface area contributed by atoms with Gasteiger partial charge in [0.15, 0.2) is 0 Å². The van der Waals surface area contributed by atoms with Crippen molar-refractivity contribution in [3.05, 3.63) is 18.2 Å². The molecule has 0 radical (unpaired) electrons. The molecular formula is C21H36N6O5S. The number of hydrogen-bond donors (Lipinski definition) is 7. The fourth-order valence-corrected chi connectivity index (χ4v) is 3.38. The lowest BCUT2D eigenvalue weighted by atomic mass is 9.99. The summed E-state index contributed by atoms with van der Waals surface area (Å²) in [5.41, 5.74) is 6.54. The van der Waals surface area contributed by atoms with Crippen LogP contribution in [-0.2, 0) is 25.6 Å². The number of hydrogen-bond acceptors (Lipinski definition) is 7. The molecule has 1 heterocycles. The van der Waals surface area contributed by atoms with Crippen LogP contribution in [-0.4, -0.2) is 68.7 Å². The average Bonchev–Trinajstić information content (AvgIpc) is 3.26. The molecule has 5 atom stereocenters. The number of aromatic amines is 1. The minimum atomic E-state index is -1.16. The molecule has 5 unspecified atom stereocenters. The number of imidazole rings is 1. The Morgan fingerprint density at radius 3 is 2.18 bits per heavy atom. The Morgan fingerprint density at radius 2 is 1.70 bits per heavy atom. The number of H-pyrrole nitrogens is 1. The predicted octanol–water partition coefficient (Wildman–Crippen LogP) is -0.159. The molecule has 0 aliphatic heterocycles. The van der Waals surface area contributed by atoms with Gasteiger partial charge in [0.25, 0.3) is 0 Å². The summed E-state index contributed by atoms with van der Waals surface area (Å²) >= 11 is 4.13. The zero-order chi connectivity index (χ0) is 25.1. The molecule has 7 N–H and O–H groups in total. The highest BCUT2D eigenvalue weighted by atomic mass is 32.1. The number of carboxylic acid groups (broad SMARTS) is 1. The van der Waals surface area contributed by atoms with E-state index in [1.807, 2.05) is 20.8 Å². The Balaban J connectivity index is 2.94. The summed E-state index contributed by atoms with van der Waals surface area (Å²) in [6, 6.07) is -4.03.